The molecule has 1 saturated heterocycles. The molecule has 5 rings (SSSR count). The average Bonchev–Trinajstić information content (AvgIpc) is 3.42. The molecule has 1 aliphatic carbocycles. The van der Waals surface area contributed by atoms with Gasteiger partial charge in [0.2, 0.25) is 0 Å². The van der Waals surface area contributed by atoms with Crippen LogP contribution >= 0.6 is 11.5 Å². The second-order valence-corrected chi connectivity index (χ2v) is 9.76. The van der Waals surface area contributed by atoms with Crippen LogP contribution in [0.25, 0.3) is 0 Å². The molecule has 0 spiro atoms. The second-order valence-electron chi connectivity index (χ2n) is 8.92. The first-order chi connectivity index (χ1) is 15.2. The van der Waals surface area contributed by atoms with Gasteiger partial charge in [-0.25, -0.2) is 4.37 Å². The molecule has 0 radical (unpaired) electrons. The summed E-state index contributed by atoms with van der Waals surface area (Å²) in [5.41, 5.74) is 3.87. The van der Waals surface area contributed by atoms with Gasteiger partial charge in [-0.3, -0.25) is 4.79 Å². The zero-order valence-electron chi connectivity index (χ0n) is 17.9. The number of aromatic nitrogens is 1. The van der Waals surface area contributed by atoms with Crippen LogP contribution in [-0.2, 0) is 0 Å². The van der Waals surface area contributed by atoms with Crippen molar-refractivity contribution < 1.29 is 9.53 Å². The molecule has 0 N–H and O–H groups in total. The molecule has 2 heterocycles. The maximum atomic E-state index is 12.3. The predicted molar refractivity (Wildman–Crippen MR) is 126 cm³/mol. The molecule has 0 unspecified atom stereocenters. The van der Waals surface area contributed by atoms with E-state index in [9.17, 15) is 4.79 Å². The Labute approximate surface area is 188 Å². The molecule has 160 valence electrons. The van der Waals surface area contributed by atoms with Gasteiger partial charge in [0.1, 0.15) is 5.75 Å². The fourth-order valence-corrected chi connectivity index (χ4v) is 4.65. The number of rotatable bonds is 9. The van der Waals surface area contributed by atoms with E-state index < -0.39 is 0 Å². The Hall–Kier alpha value is -2.66. The van der Waals surface area contributed by atoms with Crippen LogP contribution in [0.5, 0.6) is 5.75 Å². The van der Waals surface area contributed by atoms with Crippen LogP contribution in [0.2, 0.25) is 0 Å². The standard InChI is InChI=1S/C26H28N2O2S/c1-18(14-25(29)26-12-13-27-31-26)20-4-6-21(7-5-20)22-15-28(16-22)23-8-10-24(11-9-23)30-17-19-2-3-19/h4-13,18-19,22H,2-3,14-17H2,1H3/t18-/m1/s1. The maximum absolute atomic E-state index is 12.3. The fraction of sp³-hybridized carbons (Fsp3) is 0.385. The maximum Gasteiger partial charge on any atom is 0.174 e. The molecule has 0 amide bonds. The van der Waals surface area contributed by atoms with Crippen molar-refractivity contribution in [2.75, 3.05) is 24.6 Å². The van der Waals surface area contributed by atoms with Crippen LogP contribution in [0.1, 0.15) is 58.8 Å². The first kappa shape index (κ1) is 20.3. The van der Waals surface area contributed by atoms with Crippen molar-refractivity contribution in [3.05, 3.63) is 76.8 Å². The van der Waals surface area contributed by atoms with Crippen molar-refractivity contribution in [3.8, 4) is 5.75 Å². The molecule has 1 saturated carbocycles. The van der Waals surface area contributed by atoms with Crippen LogP contribution in [0, 0.1) is 5.92 Å². The van der Waals surface area contributed by atoms with E-state index in [0.29, 0.717) is 12.3 Å². The van der Waals surface area contributed by atoms with E-state index in [1.165, 1.54) is 41.2 Å². The van der Waals surface area contributed by atoms with Gasteiger partial charge >= 0.3 is 0 Å². The lowest BCUT2D eigenvalue weighted by Crippen LogP contribution is -2.45. The highest BCUT2D eigenvalue weighted by molar-refractivity contribution is 7.08. The molecule has 4 nitrogen and oxygen atoms in total. The van der Waals surface area contributed by atoms with Crippen LogP contribution in [0.4, 0.5) is 5.69 Å². The summed E-state index contributed by atoms with van der Waals surface area (Å²) in [4.78, 5) is 15.5. The van der Waals surface area contributed by atoms with Gasteiger partial charge in [-0.05, 0) is 77.7 Å². The number of Topliss-reactive ketones (excluding diaryl/α,β-unsaturated/α-hetero) is 1. The van der Waals surface area contributed by atoms with Gasteiger partial charge < -0.3 is 9.64 Å². The van der Waals surface area contributed by atoms with Crippen molar-refractivity contribution in [1.29, 1.82) is 0 Å². The summed E-state index contributed by atoms with van der Waals surface area (Å²) >= 11 is 1.28. The van der Waals surface area contributed by atoms with Crippen molar-refractivity contribution in [2.24, 2.45) is 5.92 Å². The summed E-state index contributed by atoms with van der Waals surface area (Å²) in [6.45, 7) is 5.07. The van der Waals surface area contributed by atoms with Crippen molar-refractivity contribution in [2.45, 2.75) is 38.0 Å². The second kappa shape index (κ2) is 8.83. The van der Waals surface area contributed by atoms with Crippen molar-refractivity contribution in [3.63, 3.8) is 0 Å². The van der Waals surface area contributed by atoms with Crippen LogP contribution < -0.4 is 9.64 Å². The first-order valence-electron chi connectivity index (χ1n) is 11.2. The van der Waals surface area contributed by atoms with E-state index in [0.717, 1.165) is 36.2 Å². The lowest BCUT2D eigenvalue weighted by Gasteiger charge is -2.41. The minimum absolute atomic E-state index is 0.178. The van der Waals surface area contributed by atoms with Crippen LogP contribution in [0.15, 0.2) is 60.8 Å². The Balaban J connectivity index is 1.12. The number of hydrogen-bond acceptors (Lipinski definition) is 5. The Morgan fingerprint density at radius 1 is 1.10 bits per heavy atom. The zero-order valence-corrected chi connectivity index (χ0v) is 18.7. The quantitative estimate of drug-likeness (QED) is 0.394. The van der Waals surface area contributed by atoms with Crippen molar-refractivity contribution >= 4 is 23.0 Å². The van der Waals surface area contributed by atoms with Gasteiger partial charge in [0.15, 0.2) is 5.78 Å². The molecule has 3 aromatic rings. The monoisotopic (exact) mass is 432 g/mol. The molecule has 1 aromatic heterocycles. The third kappa shape index (κ3) is 4.82. The Bertz CT molecular complexity index is 1000. The number of carbonyl (C=O) groups is 1. The third-order valence-electron chi connectivity index (χ3n) is 6.45. The minimum atomic E-state index is 0.178. The summed E-state index contributed by atoms with van der Waals surface area (Å²) in [6, 6.07) is 19.2. The molecule has 2 aliphatic rings. The lowest BCUT2D eigenvalue weighted by atomic mass is 9.88. The number of carbonyl (C=O) groups excluding carboxylic acids is 1. The van der Waals surface area contributed by atoms with E-state index in [4.69, 9.17) is 4.74 Å². The van der Waals surface area contributed by atoms with E-state index in [1.807, 2.05) is 0 Å². The Kier molecular flexibility index (Phi) is 5.77. The van der Waals surface area contributed by atoms with Gasteiger partial charge in [-0.2, -0.15) is 0 Å². The summed E-state index contributed by atoms with van der Waals surface area (Å²) in [6.07, 6.45) is 4.85. The number of ketones is 1. The number of anilines is 1. The van der Waals surface area contributed by atoms with E-state index >= 15 is 0 Å². The number of hydrogen-bond donors (Lipinski definition) is 0. The summed E-state index contributed by atoms with van der Waals surface area (Å²) in [7, 11) is 0. The Morgan fingerprint density at radius 3 is 2.48 bits per heavy atom. The summed E-state index contributed by atoms with van der Waals surface area (Å²) in [5.74, 6) is 2.71. The SMILES string of the molecule is C[C@H](CC(=O)c1ccns1)c1ccc(C2CN(c3ccc(OCC4CC4)cc3)C2)cc1. The first-order valence-corrected chi connectivity index (χ1v) is 11.9. The summed E-state index contributed by atoms with van der Waals surface area (Å²) in [5, 5.41) is 0. The van der Waals surface area contributed by atoms with Gasteiger partial charge in [-0.15, -0.1) is 0 Å². The number of nitrogens with zero attached hydrogens (tertiary/aromatic N) is 2. The number of ether oxygens (including phenoxy) is 1. The van der Waals surface area contributed by atoms with Gasteiger partial charge in [0.25, 0.3) is 0 Å². The minimum Gasteiger partial charge on any atom is -0.493 e. The molecular formula is C26H28N2O2S. The number of benzene rings is 2. The predicted octanol–water partition coefficient (Wildman–Crippen LogP) is 5.91. The molecule has 2 aromatic carbocycles. The highest BCUT2D eigenvalue weighted by Gasteiger charge is 2.28. The van der Waals surface area contributed by atoms with Crippen molar-refractivity contribution in [1.82, 2.24) is 4.37 Å². The normalized spacial score (nSPS) is 17.3. The van der Waals surface area contributed by atoms with Gasteiger partial charge in [0, 0.05) is 37.3 Å². The largest absolute Gasteiger partial charge is 0.493 e. The third-order valence-corrected chi connectivity index (χ3v) is 7.23. The topological polar surface area (TPSA) is 42.4 Å². The van der Waals surface area contributed by atoms with E-state index in [-0.39, 0.29) is 11.7 Å². The molecule has 1 aliphatic heterocycles. The van der Waals surface area contributed by atoms with Gasteiger partial charge in [0.05, 0.1) is 11.5 Å². The lowest BCUT2D eigenvalue weighted by molar-refractivity contribution is 0.0979. The molecule has 0 bridgehead atoms. The molecule has 1 atom stereocenters. The zero-order chi connectivity index (χ0) is 21.2. The molecule has 2 fully saturated rings. The Morgan fingerprint density at radius 2 is 1.84 bits per heavy atom. The van der Waals surface area contributed by atoms with Gasteiger partial charge in [-0.1, -0.05) is 31.2 Å². The smallest absolute Gasteiger partial charge is 0.174 e. The van der Waals surface area contributed by atoms with E-state index in [1.54, 1.807) is 12.3 Å². The van der Waals surface area contributed by atoms with E-state index in [2.05, 4.69) is 64.7 Å². The average molecular weight is 433 g/mol. The van der Waals surface area contributed by atoms with Crippen LogP contribution in [-0.4, -0.2) is 29.9 Å². The fourth-order valence-electron chi connectivity index (χ4n) is 4.10. The highest BCUT2D eigenvalue weighted by atomic mass is 32.1. The highest BCUT2D eigenvalue weighted by Crippen LogP contribution is 2.34. The van der Waals surface area contributed by atoms with Crippen LogP contribution in [0.3, 0.4) is 0 Å². The summed E-state index contributed by atoms with van der Waals surface area (Å²) < 4.78 is 9.87. The molecular weight excluding hydrogens is 404 g/mol. The molecule has 31 heavy (non-hydrogen) atoms. The molecule has 5 heteroatoms.